The van der Waals surface area contributed by atoms with Crippen LogP contribution >= 0.6 is 0 Å². The smallest absolute Gasteiger partial charge is 0.336 e. The number of ether oxygens (including phenoxy) is 1. The minimum atomic E-state index is -0.882. The lowest BCUT2D eigenvalue weighted by Gasteiger charge is -2.57. The molecule has 0 aromatic heterocycles. The summed E-state index contributed by atoms with van der Waals surface area (Å²) in [6.07, 6.45) is 12.1. The molecule has 4 saturated carbocycles. The van der Waals surface area contributed by atoms with Gasteiger partial charge in [-0.05, 0) is 134 Å². The number of piperidine rings is 1. The fourth-order valence-corrected chi connectivity index (χ4v) is 8.81. The summed E-state index contributed by atoms with van der Waals surface area (Å²) >= 11 is 0. The van der Waals surface area contributed by atoms with Crippen LogP contribution < -0.4 is 4.74 Å². The third-order valence-corrected chi connectivity index (χ3v) is 10.1. The van der Waals surface area contributed by atoms with E-state index in [2.05, 4.69) is 35.2 Å². The summed E-state index contributed by atoms with van der Waals surface area (Å²) in [6.45, 7) is 4.14. The average molecular weight is 510 g/mol. The van der Waals surface area contributed by atoms with Gasteiger partial charge in [-0.1, -0.05) is 36.8 Å². The lowest BCUT2D eigenvalue weighted by Crippen LogP contribution is -2.48. The molecule has 5 fully saturated rings. The van der Waals surface area contributed by atoms with Crippen LogP contribution in [0, 0.1) is 17.8 Å². The number of carboxylic acid groups (broad SMARTS) is 1. The number of benzene rings is 3. The van der Waals surface area contributed by atoms with E-state index in [-0.39, 0.29) is 5.41 Å². The van der Waals surface area contributed by atoms with Crippen LogP contribution in [0.5, 0.6) is 5.75 Å². The fourth-order valence-electron chi connectivity index (χ4n) is 8.81. The van der Waals surface area contributed by atoms with E-state index >= 15 is 0 Å². The standard InChI is InChI=1S/C34H39NO3/c36-33(37)30-7-3-2-6-29(30)27-9-8-26-19-32(38-13-12-35-10-4-1-5-11-35)31(18-28(26)17-27)34-20-23-14-24(21-34)16-25(15-23)22-34/h2-3,6-9,17-19,23-25H,1,4-5,10-16,20-22H2,(H,36,37). The molecule has 3 aromatic carbocycles. The Hall–Kier alpha value is -2.85. The third kappa shape index (κ3) is 4.41. The van der Waals surface area contributed by atoms with Crippen molar-refractivity contribution < 1.29 is 14.6 Å². The third-order valence-electron chi connectivity index (χ3n) is 10.1. The van der Waals surface area contributed by atoms with Gasteiger partial charge in [0.15, 0.2) is 0 Å². The highest BCUT2D eigenvalue weighted by Crippen LogP contribution is 2.62. The van der Waals surface area contributed by atoms with Crippen molar-refractivity contribution in [2.45, 2.75) is 63.2 Å². The predicted molar refractivity (Wildman–Crippen MR) is 152 cm³/mol. The second kappa shape index (κ2) is 9.72. The average Bonchev–Trinajstić information content (AvgIpc) is 2.92. The first kappa shape index (κ1) is 24.2. The largest absolute Gasteiger partial charge is 0.492 e. The maximum Gasteiger partial charge on any atom is 0.336 e. The molecule has 198 valence electrons. The highest BCUT2D eigenvalue weighted by atomic mass is 16.5. The van der Waals surface area contributed by atoms with Gasteiger partial charge in [0.2, 0.25) is 0 Å². The molecule has 1 heterocycles. The van der Waals surface area contributed by atoms with E-state index in [1.165, 1.54) is 87.2 Å². The van der Waals surface area contributed by atoms with Gasteiger partial charge >= 0.3 is 5.97 Å². The highest BCUT2D eigenvalue weighted by Gasteiger charge is 2.52. The van der Waals surface area contributed by atoms with E-state index in [0.717, 1.165) is 47.8 Å². The zero-order chi connectivity index (χ0) is 25.7. The van der Waals surface area contributed by atoms with Crippen LogP contribution in [0.2, 0.25) is 0 Å². The first-order valence-electron chi connectivity index (χ1n) is 14.8. The molecule has 1 saturated heterocycles. The van der Waals surface area contributed by atoms with Crippen molar-refractivity contribution in [3.63, 3.8) is 0 Å². The molecule has 0 unspecified atom stereocenters. The molecule has 4 nitrogen and oxygen atoms in total. The van der Waals surface area contributed by atoms with Crippen LogP contribution in [0.4, 0.5) is 0 Å². The number of nitrogens with zero attached hydrogens (tertiary/aromatic N) is 1. The Balaban J connectivity index is 1.27. The van der Waals surface area contributed by atoms with Gasteiger partial charge in [-0.2, -0.15) is 0 Å². The molecule has 0 atom stereocenters. The molecule has 0 amide bonds. The maximum atomic E-state index is 11.9. The number of hydrogen-bond donors (Lipinski definition) is 1. The van der Waals surface area contributed by atoms with Gasteiger partial charge < -0.3 is 9.84 Å². The van der Waals surface area contributed by atoms with Crippen LogP contribution in [-0.4, -0.2) is 42.2 Å². The van der Waals surface area contributed by atoms with Crippen LogP contribution in [0.3, 0.4) is 0 Å². The van der Waals surface area contributed by atoms with Crippen LogP contribution in [0.25, 0.3) is 21.9 Å². The zero-order valence-electron chi connectivity index (χ0n) is 22.3. The van der Waals surface area contributed by atoms with Gasteiger partial charge in [-0.3, -0.25) is 4.90 Å². The van der Waals surface area contributed by atoms with Crippen molar-refractivity contribution >= 4 is 16.7 Å². The summed E-state index contributed by atoms with van der Waals surface area (Å²) in [6, 6.07) is 18.4. The number of fused-ring (bicyclic) bond motifs is 1. The van der Waals surface area contributed by atoms with E-state index in [4.69, 9.17) is 4.74 Å². The predicted octanol–water partition coefficient (Wildman–Crippen LogP) is 7.54. The molecule has 4 bridgehead atoms. The van der Waals surface area contributed by atoms with Gasteiger partial charge in [-0.25, -0.2) is 4.79 Å². The molecule has 1 aliphatic heterocycles. The number of aromatic carboxylic acids is 1. The Morgan fingerprint density at radius 1 is 0.868 bits per heavy atom. The van der Waals surface area contributed by atoms with Gasteiger partial charge in [0.05, 0.1) is 5.56 Å². The second-order valence-corrected chi connectivity index (χ2v) is 12.7. The molecule has 3 aromatic rings. The molecule has 4 aliphatic carbocycles. The quantitative estimate of drug-likeness (QED) is 0.357. The Labute approximate surface area is 226 Å². The monoisotopic (exact) mass is 509 g/mol. The van der Waals surface area contributed by atoms with Crippen molar-refractivity contribution in [1.82, 2.24) is 4.90 Å². The molecule has 8 rings (SSSR count). The minimum Gasteiger partial charge on any atom is -0.492 e. The van der Waals surface area contributed by atoms with E-state index in [1.807, 2.05) is 12.1 Å². The normalized spacial score (nSPS) is 28.6. The topological polar surface area (TPSA) is 49.8 Å². The maximum absolute atomic E-state index is 11.9. The van der Waals surface area contributed by atoms with E-state index in [0.29, 0.717) is 5.56 Å². The summed E-state index contributed by atoms with van der Waals surface area (Å²) in [7, 11) is 0. The van der Waals surface area contributed by atoms with Crippen LogP contribution in [0.1, 0.15) is 73.7 Å². The number of rotatable bonds is 7. The van der Waals surface area contributed by atoms with Gasteiger partial charge in [0.25, 0.3) is 0 Å². The number of carbonyl (C=O) groups is 1. The van der Waals surface area contributed by atoms with Gasteiger partial charge in [0, 0.05) is 12.1 Å². The van der Waals surface area contributed by atoms with Gasteiger partial charge in [-0.15, -0.1) is 0 Å². The van der Waals surface area contributed by atoms with Crippen molar-refractivity contribution in [2.24, 2.45) is 17.8 Å². The van der Waals surface area contributed by atoms with E-state index in [1.54, 1.807) is 12.1 Å². The molecule has 0 spiro atoms. The first-order chi connectivity index (χ1) is 18.6. The van der Waals surface area contributed by atoms with Gasteiger partial charge in [0.1, 0.15) is 12.4 Å². The van der Waals surface area contributed by atoms with E-state index in [9.17, 15) is 9.90 Å². The minimum absolute atomic E-state index is 0.234. The Kier molecular flexibility index (Phi) is 6.19. The lowest BCUT2D eigenvalue weighted by molar-refractivity contribution is -0.00640. The molecule has 1 N–H and O–H groups in total. The Bertz CT molecular complexity index is 1320. The molecular weight excluding hydrogens is 470 g/mol. The highest BCUT2D eigenvalue weighted by molar-refractivity contribution is 5.98. The van der Waals surface area contributed by atoms with Crippen molar-refractivity contribution in [2.75, 3.05) is 26.2 Å². The summed E-state index contributed by atoms with van der Waals surface area (Å²) in [5.74, 6) is 2.81. The number of hydrogen-bond acceptors (Lipinski definition) is 3. The van der Waals surface area contributed by atoms with E-state index < -0.39 is 5.97 Å². The molecule has 0 radical (unpaired) electrons. The summed E-state index contributed by atoms with van der Waals surface area (Å²) < 4.78 is 6.68. The molecule has 4 heteroatoms. The molecule has 5 aliphatic rings. The Morgan fingerprint density at radius 2 is 1.58 bits per heavy atom. The van der Waals surface area contributed by atoms with Crippen molar-refractivity contribution in [3.8, 4) is 16.9 Å². The Morgan fingerprint density at radius 3 is 2.29 bits per heavy atom. The van der Waals surface area contributed by atoms with Crippen LogP contribution in [-0.2, 0) is 5.41 Å². The summed E-state index contributed by atoms with van der Waals surface area (Å²) in [5.41, 5.74) is 3.75. The zero-order valence-corrected chi connectivity index (χ0v) is 22.3. The van der Waals surface area contributed by atoms with Crippen molar-refractivity contribution in [1.29, 1.82) is 0 Å². The first-order valence-corrected chi connectivity index (χ1v) is 14.8. The second-order valence-electron chi connectivity index (χ2n) is 12.7. The summed E-state index contributed by atoms with van der Waals surface area (Å²) in [4.78, 5) is 14.5. The summed E-state index contributed by atoms with van der Waals surface area (Å²) in [5, 5.41) is 12.1. The number of likely N-dealkylation sites (tertiary alicyclic amines) is 1. The number of carboxylic acids is 1. The SMILES string of the molecule is O=C(O)c1ccccc1-c1ccc2cc(OCCN3CCCCC3)c(C34CC5CC(CC(C5)C3)C4)cc2c1. The molecule has 38 heavy (non-hydrogen) atoms. The van der Waals surface area contributed by atoms with Crippen molar-refractivity contribution in [3.05, 3.63) is 65.7 Å². The fraction of sp³-hybridized carbons (Fsp3) is 0.500. The molecular formula is C34H39NO3. The lowest BCUT2D eigenvalue weighted by atomic mass is 9.48. The van der Waals surface area contributed by atoms with Crippen LogP contribution in [0.15, 0.2) is 54.6 Å².